The van der Waals surface area contributed by atoms with Gasteiger partial charge < -0.3 is 19.6 Å². The maximum atomic E-state index is 12.9. The van der Waals surface area contributed by atoms with E-state index in [0.717, 1.165) is 25.7 Å². The lowest BCUT2D eigenvalue weighted by molar-refractivity contribution is -0.146. The second-order valence-electron chi connectivity index (χ2n) is 6.33. The maximum absolute atomic E-state index is 12.9. The average Bonchev–Trinajstić information content (AvgIpc) is 2.53. The van der Waals surface area contributed by atoms with Gasteiger partial charge in [0.25, 0.3) is 0 Å². The molecule has 2 amide bonds. The van der Waals surface area contributed by atoms with Gasteiger partial charge in [0.1, 0.15) is 6.04 Å². The highest BCUT2D eigenvalue weighted by Crippen LogP contribution is 2.38. The number of aliphatic carboxylic acids is 1. The Bertz CT molecular complexity index is 408. The molecule has 0 bridgehead atoms. The summed E-state index contributed by atoms with van der Waals surface area (Å²) in [6.45, 7) is 2.23. The molecule has 3 unspecified atom stereocenters. The molecule has 2 aliphatic heterocycles. The van der Waals surface area contributed by atoms with Crippen LogP contribution in [0.2, 0.25) is 0 Å². The van der Waals surface area contributed by atoms with Crippen molar-refractivity contribution in [2.24, 2.45) is 5.92 Å². The largest absolute Gasteiger partial charge is 0.480 e. The van der Waals surface area contributed by atoms with Crippen LogP contribution in [-0.2, 0) is 9.53 Å². The molecule has 0 aromatic carbocycles. The fourth-order valence-electron chi connectivity index (χ4n) is 4.07. The fourth-order valence-corrected chi connectivity index (χ4v) is 4.07. The molecule has 118 valence electrons. The van der Waals surface area contributed by atoms with Gasteiger partial charge in [0, 0.05) is 19.1 Å². The molecule has 2 saturated heterocycles. The Morgan fingerprint density at radius 3 is 2.43 bits per heavy atom. The van der Waals surface area contributed by atoms with Crippen LogP contribution in [0.15, 0.2) is 0 Å². The predicted molar refractivity (Wildman–Crippen MR) is 76.0 cm³/mol. The summed E-state index contributed by atoms with van der Waals surface area (Å²) in [6, 6.07) is -0.633. The molecule has 0 radical (unpaired) electrons. The van der Waals surface area contributed by atoms with Crippen LogP contribution in [0.5, 0.6) is 0 Å². The summed E-state index contributed by atoms with van der Waals surface area (Å²) in [5.41, 5.74) is 0. The Morgan fingerprint density at radius 1 is 1.00 bits per heavy atom. The van der Waals surface area contributed by atoms with Gasteiger partial charge >= 0.3 is 12.0 Å². The summed E-state index contributed by atoms with van der Waals surface area (Å²) in [4.78, 5) is 27.9. The number of hydrogen-bond acceptors (Lipinski definition) is 3. The molecule has 1 saturated carbocycles. The lowest BCUT2D eigenvalue weighted by Gasteiger charge is -2.48. The topological polar surface area (TPSA) is 70.1 Å². The smallest absolute Gasteiger partial charge is 0.326 e. The van der Waals surface area contributed by atoms with Crippen molar-refractivity contribution in [2.45, 2.75) is 50.6 Å². The maximum Gasteiger partial charge on any atom is 0.326 e. The zero-order chi connectivity index (χ0) is 14.8. The molecular formula is C15H24N2O4. The third-order valence-corrected chi connectivity index (χ3v) is 5.16. The Balaban J connectivity index is 1.81. The molecule has 2 heterocycles. The molecule has 3 aliphatic rings. The molecule has 21 heavy (non-hydrogen) atoms. The zero-order valence-electron chi connectivity index (χ0n) is 12.4. The Kier molecular flexibility index (Phi) is 4.33. The summed E-state index contributed by atoms with van der Waals surface area (Å²) in [7, 11) is 0. The fraction of sp³-hybridized carbons (Fsp3) is 0.867. The van der Waals surface area contributed by atoms with Gasteiger partial charge in [0.2, 0.25) is 0 Å². The number of nitrogens with zero attached hydrogens (tertiary/aromatic N) is 2. The van der Waals surface area contributed by atoms with E-state index in [1.807, 2.05) is 0 Å². The number of hydrogen-bond donors (Lipinski definition) is 1. The minimum atomic E-state index is -0.861. The molecule has 6 nitrogen and oxygen atoms in total. The van der Waals surface area contributed by atoms with E-state index in [0.29, 0.717) is 38.6 Å². The minimum Gasteiger partial charge on any atom is -0.480 e. The molecule has 0 aromatic rings. The molecular weight excluding hydrogens is 272 g/mol. The van der Waals surface area contributed by atoms with Crippen LogP contribution in [0.25, 0.3) is 0 Å². The van der Waals surface area contributed by atoms with Crippen molar-refractivity contribution >= 4 is 12.0 Å². The zero-order valence-corrected chi connectivity index (χ0v) is 12.4. The number of ether oxygens (including phenoxy) is 1. The molecule has 3 rings (SSSR count). The van der Waals surface area contributed by atoms with Crippen molar-refractivity contribution in [1.29, 1.82) is 0 Å². The van der Waals surface area contributed by atoms with Gasteiger partial charge in [-0.1, -0.05) is 12.8 Å². The van der Waals surface area contributed by atoms with Crippen molar-refractivity contribution in [2.75, 3.05) is 26.3 Å². The van der Waals surface area contributed by atoms with Crippen LogP contribution < -0.4 is 0 Å². The Hall–Kier alpha value is -1.30. The quantitative estimate of drug-likeness (QED) is 0.797. The number of fused-ring (bicyclic) bond motifs is 1. The molecule has 0 spiro atoms. The summed E-state index contributed by atoms with van der Waals surface area (Å²) in [5.74, 6) is -0.375. The van der Waals surface area contributed by atoms with E-state index in [2.05, 4.69) is 0 Å². The van der Waals surface area contributed by atoms with Crippen molar-refractivity contribution in [3.05, 3.63) is 0 Å². The molecule has 1 N–H and O–H groups in total. The first-order valence-corrected chi connectivity index (χ1v) is 8.06. The first-order valence-electron chi connectivity index (χ1n) is 8.06. The Morgan fingerprint density at radius 2 is 1.71 bits per heavy atom. The number of carboxylic acids is 1. The molecule has 3 atom stereocenters. The lowest BCUT2D eigenvalue weighted by atomic mass is 9.76. The van der Waals surface area contributed by atoms with Crippen LogP contribution in [0.4, 0.5) is 4.79 Å². The summed E-state index contributed by atoms with van der Waals surface area (Å²) in [5, 5.41) is 9.51. The van der Waals surface area contributed by atoms with E-state index in [9.17, 15) is 14.7 Å². The van der Waals surface area contributed by atoms with Gasteiger partial charge in [0.05, 0.1) is 13.2 Å². The van der Waals surface area contributed by atoms with E-state index in [-0.39, 0.29) is 12.1 Å². The average molecular weight is 296 g/mol. The number of carboxylic acid groups (broad SMARTS) is 1. The van der Waals surface area contributed by atoms with Gasteiger partial charge in [0.15, 0.2) is 0 Å². The van der Waals surface area contributed by atoms with Gasteiger partial charge in [-0.05, 0) is 31.6 Å². The highest BCUT2D eigenvalue weighted by Gasteiger charge is 2.45. The second-order valence-corrected chi connectivity index (χ2v) is 6.33. The van der Waals surface area contributed by atoms with Gasteiger partial charge in [-0.2, -0.15) is 0 Å². The van der Waals surface area contributed by atoms with Crippen molar-refractivity contribution in [3.8, 4) is 0 Å². The standard InChI is InChI=1S/C15H24N2O4/c18-14(19)13-6-5-11-3-1-2-4-12(11)17(13)15(20)16-7-9-21-10-8-16/h11-13H,1-10H2,(H,18,19). The predicted octanol–water partition coefficient (Wildman–Crippen LogP) is 1.55. The Labute approximate surface area is 125 Å². The first-order chi connectivity index (χ1) is 10.2. The number of piperidine rings is 1. The van der Waals surface area contributed by atoms with E-state index >= 15 is 0 Å². The molecule has 3 fully saturated rings. The van der Waals surface area contributed by atoms with Crippen molar-refractivity contribution < 1.29 is 19.4 Å². The summed E-state index contributed by atoms with van der Waals surface area (Å²) < 4.78 is 5.29. The summed E-state index contributed by atoms with van der Waals surface area (Å²) in [6.07, 6.45) is 5.91. The van der Waals surface area contributed by atoms with Crippen LogP contribution in [-0.4, -0.2) is 65.3 Å². The molecule has 0 aromatic heterocycles. The number of carbonyl (C=O) groups excluding carboxylic acids is 1. The number of likely N-dealkylation sites (tertiary alicyclic amines) is 1. The highest BCUT2D eigenvalue weighted by molar-refractivity contribution is 5.83. The van der Waals surface area contributed by atoms with Crippen LogP contribution in [0.1, 0.15) is 38.5 Å². The normalized spacial score (nSPS) is 33.4. The van der Waals surface area contributed by atoms with E-state index in [4.69, 9.17) is 4.74 Å². The van der Waals surface area contributed by atoms with Gasteiger partial charge in [-0.15, -0.1) is 0 Å². The number of morpholine rings is 1. The SMILES string of the molecule is O=C(O)C1CCC2CCCCC2N1C(=O)N1CCOCC1. The van der Waals surface area contributed by atoms with Crippen molar-refractivity contribution in [3.63, 3.8) is 0 Å². The number of urea groups is 1. The van der Waals surface area contributed by atoms with Crippen molar-refractivity contribution in [1.82, 2.24) is 9.80 Å². The number of amides is 2. The van der Waals surface area contributed by atoms with Crippen LogP contribution >= 0.6 is 0 Å². The first kappa shape index (κ1) is 14.6. The summed E-state index contributed by atoms with van der Waals surface area (Å²) >= 11 is 0. The van der Waals surface area contributed by atoms with E-state index in [1.54, 1.807) is 9.80 Å². The number of rotatable bonds is 1. The highest BCUT2D eigenvalue weighted by atomic mass is 16.5. The minimum absolute atomic E-state index is 0.0951. The third kappa shape index (κ3) is 2.86. The van der Waals surface area contributed by atoms with E-state index < -0.39 is 12.0 Å². The van der Waals surface area contributed by atoms with Crippen LogP contribution in [0, 0.1) is 5.92 Å². The van der Waals surface area contributed by atoms with Gasteiger partial charge in [-0.3, -0.25) is 0 Å². The van der Waals surface area contributed by atoms with Crippen LogP contribution in [0.3, 0.4) is 0 Å². The molecule has 1 aliphatic carbocycles. The van der Waals surface area contributed by atoms with Gasteiger partial charge in [-0.25, -0.2) is 9.59 Å². The second kappa shape index (κ2) is 6.22. The number of carbonyl (C=O) groups is 2. The molecule has 6 heteroatoms. The third-order valence-electron chi connectivity index (χ3n) is 5.16. The monoisotopic (exact) mass is 296 g/mol. The van der Waals surface area contributed by atoms with E-state index in [1.165, 1.54) is 6.42 Å². The lowest BCUT2D eigenvalue weighted by Crippen LogP contribution is -2.61.